The van der Waals surface area contributed by atoms with Crippen molar-refractivity contribution in [1.29, 1.82) is 0 Å². The van der Waals surface area contributed by atoms with E-state index >= 15 is 0 Å². The number of ether oxygens (including phenoxy) is 1. The van der Waals surface area contributed by atoms with E-state index in [0.29, 0.717) is 6.04 Å². The van der Waals surface area contributed by atoms with Crippen LogP contribution < -0.4 is 11.1 Å². The Morgan fingerprint density at radius 1 is 1.47 bits per heavy atom. The van der Waals surface area contributed by atoms with Crippen LogP contribution in [0.1, 0.15) is 32.1 Å². The average Bonchev–Trinajstić information content (AvgIpc) is 2.87. The SMILES string of the molecule is NC(=O)C1(CNC2CCOC2)CCCC1. The third-order valence-corrected chi connectivity index (χ3v) is 3.74. The Morgan fingerprint density at radius 2 is 2.20 bits per heavy atom. The average molecular weight is 212 g/mol. The largest absolute Gasteiger partial charge is 0.380 e. The van der Waals surface area contributed by atoms with Gasteiger partial charge >= 0.3 is 0 Å². The third kappa shape index (κ3) is 2.32. The molecule has 2 rings (SSSR count). The van der Waals surface area contributed by atoms with Crippen molar-refractivity contribution in [3.05, 3.63) is 0 Å². The fraction of sp³-hybridized carbons (Fsp3) is 0.909. The molecular formula is C11H20N2O2. The summed E-state index contributed by atoms with van der Waals surface area (Å²) in [4.78, 5) is 11.5. The van der Waals surface area contributed by atoms with E-state index in [1.807, 2.05) is 0 Å². The first kappa shape index (κ1) is 10.9. The van der Waals surface area contributed by atoms with E-state index in [1.54, 1.807) is 0 Å². The summed E-state index contributed by atoms with van der Waals surface area (Å²) in [5, 5.41) is 3.42. The molecule has 1 atom stereocenters. The van der Waals surface area contributed by atoms with Gasteiger partial charge in [-0.2, -0.15) is 0 Å². The molecule has 1 aliphatic carbocycles. The van der Waals surface area contributed by atoms with Crippen LogP contribution in [0, 0.1) is 5.41 Å². The molecule has 0 radical (unpaired) electrons. The number of nitrogens with two attached hydrogens (primary N) is 1. The molecule has 2 aliphatic rings. The normalized spacial score (nSPS) is 29.5. The second-order valence-electron chi connectivity index (χ2n) is 4.79. The highest BCUT2D eigenvalue weighted by molar-refractivity contribution is 5.81. The molecule has 4 heteroatoms. The van der Waals surface area contributed by atoms with Crippen LogP contribution in [-0.2, 0) is 9.53 Å². The summed E-state index contributed by atoms with van der Waals surface area (Å²) in [5.74, 6) is -0.133. The van der Waals surface area contributed by atoms with Crippen molar-refractivity contribution >= 4 is 5.91 Å². The summed E-state index contributed by atoms with van der Waals surface area (Å²) < 4.78 is 5.29. The van der Waals surface area contributed by atoms with Crippen LogP contribution >= 0.6 is 0 Å². The molecule has 0 aromatic rings. The molecule has 1 saturated carbocycles. The lowest BCUT2D eigenvalue weighted by Gasteiger charge is -2.27. The zero-order valence-electron chi connectivity index (χ0n) is 9.13. The lowest BCUT2D eigenvalue weighted by molar-refractivity contribution is -0.127. The summed E-state index contributed by atoms with van der Waals surface area (Å²) in [5.41, 5.74) is 5.23. The van der Waals surface area contributed by atoms with Gasteiger partial charge in [0.05, 0.1) is 12.0 Å². The van der Waals surface area contributed by atoms with Crippen molar-refractivity contribution < 1.29 is 9.53 Å². The lowest BCUT2D eigenvalue weighted by atomic mass is 9.85. The van der Waals surface area contributed by atoms with Crippen LogP contribution in [0.2, 0.25) is 0 Å². The number of hydrogen-bond donors (Lipinski definition) is 2. The monoisotopic (exact) mass is 212 g/mol. The van der Waals surface area contributed by atoms with Gasteiger partial charge < -0.3 is 15.8 Å². The van der Waals surface area contributed by atoms with Crippen LogP contribution in [0.3, 0.4) is 0 Å². The zero-order valence-corrected chi connectivity index (χ0v) is 9.13. The summed E-state index contributed by atoms with van der Waals surface area (Å²) in [6.45, 7) is 2.34. The van der Waals surface area contributed by atoms with Crippen molar-refractivity contribution in [2.24, 2.45) is 11.1 Å². The number of amides is 1. The number of rotatable bonds is 4. The van der Waals surface area contributed by atoms with Crippen LogP contribution in [0.5, 0.6) is 0 Å². The molecule has 0 spiro atoms. The molecule has 3 N–H and O–H groups in total. The first-order valence-electron chi connectivity index (χ1n) is 5.84. The van der Waals surface area contributed by atoms with E-state index in [-0.39, 0.29) is 11.3 Å². The second kappa shape index (κ2) is 4.49. The quantitative estimate of drug-likeness (QED) is 0.709. The van der Waals surface area contributed by atoms with Gasteiger partial charge in [-0.15, -0.1) is 0 Å². The maximum Gasteiger partial charge on any atom is 0.224 e. The number of carbonyl (C=O) groups excluding carboxylic acids is 1. The summed E-state index contributed by atoms with van der Waals surface area (Å²) in [6.07, 6.45) is 5.21. The predicted octanol–water partition coefficient (Wildman–Crippen LogP) is 0.411. The smallest absolute Gasteiger partial charge is 0.224 e. The van der Waals surface area contributed by atoms with Gasteiger partial charge in [0.1, 0.15) is 0 Å². The highest BCUT2D eigenvalue weighted by Crippen LogP contribution is 2.37. The molecule has 1 heterocycles. The summed E-state index contributed by atoms with van der Waals surface area (Å²) in [7, 11) is 0. The van der Waals surface area contributed by atoms with E-state index in [2.05, 4.69) is 5.32 Å². The molecule has 0 aromatic carbocycles. The molecule has 0 aromatic heterocycles. The van der Waals surface area contributed by atoms with Crippen LogP contribution in [0.4, 0.5) is 0 Å². The van der Waals surface area contributed by atoms with Crippen LogP contribution in [0.15, 0.2) is 0 Å². The molecule has 4 nitrogen and oxygen atoms in total. The topological polar surface area (TPSA) is 64.4 Å². The maximum atomic E-state index is 11.5. The van der Waals surface area contributed by atoms with Crippen molar-refractivity contribution in [2.75, 3.05) is 19.8 Å². The van der Waals surface area contributed by atoms with Gasteiger partial charge in [-0.25, -0.2) is 0 Å². The molecule has 15 heavy (non-hydrogen) atoms. The van der Waals surface area contributed by atoms with Gasteiger partial charge in [-0.1, -0.05) is 12.8 Å². The highest BCUT2D eigenvalue weighted by Gasteiger charge is 2.39. The molecular weight excluding hydrogens is 192 g/mol. The first-order chi connectivity index (χ1) is 7.23. The van der Waals surface area contributed by atoms with Gasteiger partial charge in [0.15, 0.2) is 0 Å². The van der Waals surface area contributed by atoms with Crippen molar-refractivity contribution in [3.63, 3.8) is 0 Å². The Bertz CT molecular complexity index is 231. The highest BCUT2D eigenvalue weighted by atomic mass is 16.5. The Balaban J connectivity index is 1.86. The minimum Gasteiger partial charge on any atom is -0.380 e. The predicted molar refractivity (Wildman–Crippen MR) is 57.3 cm³/mol. The van der Waals surface area contributed by atoms with Gasteiger partial charge in [-0.3, -0.25) is 4.79 Å². The maximum absolute atomic E-state index is 11.5. The number of carbonyl (C=O) groups is 1. The Kier molecular flexibility index (Phi) is 3.26. The fourth-order valence-electron chi connectivity index (χ4n) is 2.60. The van der Waals surface area contributed by atoms with E-state index < -0.39 is 0 Å². The lowest BCUT2D eigenvalue weighted by Crippen LogP contribution is -2.46. The van der Waals surface area contributed by atoms with E-state index in [0.717, 1.165) is 51.9 Å². The van der Waals surface area contributed by atoms with Crippen molar-refractivity contribution in [1.82, 2.24) is 5.32 Å². The van der Waals surface area contributed by atoms with Crippen LogP contribution in [0.25, 0.3) is 0 Å². The van der Waals surface area contributed by atoms with Crippen LogP contribution in [-0.4, -0.2) is 31.7 Å². The number of nitrogens with one attached hydrogen (secondary N) is 1. The van der Waals surface area contributed by atoms with Crippen molar-refractivity contribution in [3.8, 4) is 0 Å². The zero-order chi connectivity index (χ0) is 10.7. The van der Waals surface area contributed by atoms with Gasteiger partial charge in [-0.05, 0) is 19.3 Å². The molecule has 86 valence electrons. The fourth-order valence-corrected chi connectivity index (χ4v) is 2.60. The third-order valence-electron chi connectivity index (χ3n) is 3.74. The minimum absolute atomic E-state index is 0.133. The van der Waals surface area contributed by atoms with Gasteiger partial charge in [0.2, 0.25) is 5.91 Å². The first-order valence-corrected chi connectivity index (χ1v) is 5.84. The number of hydrogen-bond acceptors (Lipinski definition) is 3. The molecule has 0 bridgehead atoms. The molecule has 2 fully saturated rings. The Morgan fingerprint density at radius 3 is 2.73 bits per heavy atom. The Hall–Kier alpha value is -0.610. The Labute approximate surface area is 90.5 Å². The second-order valence-corrected chi connectivity index (χ2v) is 4.79. The standard InChI is InChI=1S/C11H20N2O2/c12-10(14)11(4-1-2-5-11)8-13-9-3-6-15-7-9/h9,13H,1-8H2,(H2,12,14). The van der Waals surface area contributed by atoms with Gasteiger partial charge in [0.25, 0.3) is 0 Å². The van der Waals surface area contributed by atoms with Crippen molar-refractivity contribution in [2.45, 2.75) is 38.1 Å². The van der Waals surface area contributed by atoms with E-state index in [9.17, 15) is 4.79 Å². The molecule has 1 amide bonds. The molecule has 1 aliphatic heterocycles. The van der Waals surface area contributed by atoms with E-state index in [4.69, 9.17) is 10.5 Å². The van der Waals surface area contributed by atoms with E-state index in [1.165, 1.54) is 0 Å². The molecule has 1 unspecified atom stereocenters. The number of primary amides is 1. The van der Waals surface area contributed by atoms with Gasteiger partial charge in [0, 0.05) is 19.2 Å². The molecule has 1 saturated heterocycles. The summed E-state index contributed by atoms with van der Waals surface area (Å²) >= 11 is 0. The minimum atomic E-state index is -0.275. The summed E-state index contributed by atoms with van der Waals surface area (Å²) in [6, 6.07) is 0.418.